The van der Waals surface area contributed by atoms with Crippen LogP contribution in [0.25, 0.3) is 0 Å². The molecule has 18 heavy (non-hydrogen) atoms. The number of hydrogen-bond donors (Lipinski definition) is 0. The number of hydrogen-bond acceptors (Lipinski definition) is 3. The predicted molar refractivity (Wildman–Crippen MR) is 69.0 cm³/mol. The second-order valence-corrected chi connectivity index (χ2v) is 5.53. The number of rotatable bonds is 2. The van der Waals surface area contributed by atoms with Gasteiger partial charge in [0.05, 0.1) is 0 Å². The lowest BCUT2D eigenvalue weighted by molar-refractivity contribution is -0.148. The lowest BCUT2D eigenvalue weighted by Gasteiger charge is -2.49. The number of cyclic esters (lactones) is 1. The van der Waals surface area contributed by atoms with Gasteiger partial charge in [-0.25, -0.2) is 0 Å². The predicted octanol–water partition coefficient (Wildman–Crippen LogP) is 2.38. The molecule has 1 aromatic rings. The van der Waals surface area contributed by atoms with E-state index >= 15 is 0 Å². The first-order chi connectivity index (χ1) is 8.66. The van der Waals surface area contributed by atoms with Crippen molar-refractivity contribution >= 4 is 5.97 Å². The van der Waals surface area contributed by atoms with Gasteiger partial charge in [-0.3, -0.25) is 9.69 Å². The zero-order chi connectivity index (χ0) is 12.7. The van der Waals surface area contributed by atoms with Crippen LogP contribution in [0.4, 0.5) is 0 Å². The van der Waals surface area contributed by atoms with Gasteiger partial charge in [0.15, 0.2) is 0 Å². The third kappa shape index (κ3) is 1.83. The summed E-state index contributed by atoms with van der Waals surface area (Å²) in [5.41, 5.74) is 1.31. The second kappa shape index (κ2) is 4.39. The molecule has 3 heteroatoms. The van der Waals surface area contributed by atoms with Gasteiger partial charge < -0.3 is 4.74 Å². The van der Waals surface area contributed by atoms with Crippen LogP contribution in [0.15, 0.2) is 30.3 Å². The lowest BCUT2D eigenvalue weighted by atomic mass is 9.83. The maximum absolute atomic E-state index is 11.8. The van der Waals surface area contributed by atoms with E-state index in [0.29, 0.717) is 12.0 Å². The van der Waals surface area contributed by atoms with Gasteiger partial charge in [-0.2, -0.15) is 0 Å². The summed E-state index contributed by atoms with van der Waals surface area (Å²) in [6.07, 6.45) is 0.893. The summed E-state index contributed by atoms with van der Waals surface area (Å²) in [6, 6.07) is 10.8. The molecule has 3 nitrogen and oxygen atoms in total. The van der Waals surface area contributed by atoms with E-state index in [9.17, 15) is 4.79 Å². The fraction of sp³-hybridized carbons (Fsp3) is 0.533. The summed E-state index contributed by atoms with van der Waals surface area (Å²) < 4.78 is 5.27. The molecule has 2 saturated heterocycles. The van der Waals surface area contributed by atoms with Crippen LogP contribution in [0, 0.1) is 5.92 Å². The maximum Gasteiger partial charge on any atom is 0.323 e. The Morgan fingerprint density at radius 3 is 2.50 bits per heavy atom. The molecular weight excluding hydrogens is 226 g/mol. The third-order valence-electron chi connectivity index (χ3n) is 4.08. The van der Waals surface area contributed by atoms with E-state index < -0.39 is 0 Å². The van der Waals surface area contributed by atoms with Crippen LogP contribution in [0.3, 0.4) is 0 Å². The summed E-state index contributed by atoms with van der Waals surface area (Å²) in [5, 5.41) is 0. The quantitative estimate of drug-likeness (QED) is 0.749. The minimum absolute atomic E-state index is 0.0404. The normalized spacial score (nSPS) is 36.2. The number of esters is 1. The Balaban J connectivity index is 1.80. The van der Waals surface area contributed by atoms with Crippen LogP contribution in [-0.4, -0.2) is 29.6 Å². The number of carbonyl (C=O) groups excluding carboxylic acids is 1. The monoisotopic (exact) mass is 245 g/mol. The minimum Gasteiger partial charge on any atom is -0.461 e. The van der Waals surface area contributed by atoms with Gasteiger partial charge in [-0.15, -0.1) is 0 Å². The van der Waals surface area contributed by atoms with Crippen molar-refractivity contribution in [1.82, 2.24) is 4.90 Å². The lowest BCUT2D eigenvalue weighted by Crippen LogP contribution is -2.54. The summed E-state index contributed by atoms with van der Waals surface area (Å²) in [5.74, 6) is 0.562. The number of carbonyl (C=O) groups is 1. The van der Waals surface area contributed by atoms with Crippen molar-refractivity contribution in [3.8, 4) is 0 Å². The molecule has 0 radical (unpaired) electrons. The number of ether oxygens (including phenoxy) is 1. The van der Waals surface area contributed by atoms with Gasteiger partial charge >= 0.3 is 5.97 Å². The molecule has 0 N–H and O–H groups in total. The first kappa shape index (κ1) is 11.7. The van der Waals surface area contributed by atoms with E-state index in [2.05, 4.69) is 36.1 Å². The number of likely N-dealkylation sites (tertiary alicyclic amines) is 1. The number of benzene rings is 1. The van der Waals surface area contributed by atoms with Gasteiger partial charge in [0.2, 0.25) is 0 Å². The van der Waals surface area contributed by atoms with Crippen molar-refractivity contribution < 1.29 is 9.53 Å². The van der Waals surface area contributed by atoms with Crippen LogP contribution in [-0.2, 0) is 9.53 Å². The van der Waals surface area contributed by atoms with Crippen LogP contribution in [0.1, 0.15) is 31.9 Å². The molecule has 0 unspecified atom stereocenters. The van der Waals surface area contributed by atoms with E-state index in [1.807, 2.05) is 13.0 Å². The van der Waals surface area contributed by atoms with E-state index in [4.69, 9.17) is 4.74 Å². The molecule has 96 valence electrons. The van der Waals surface area contributed by atoms with E-state index in [1.165, 1.54) is 5.56 Å². The van der Waals surface area contributed by atoms with Crippen LogP contribution >= 0.6 is 0 Å². The van der Waals surface area contributed by atoms with Crippen molar-refractivity contribution in [2.24, 2.45) is 5.92 Å². The maximum atomic E-state index is 11.8. The highest BCUT2D eigenvalue weighted by molar-refractivity contribution is 5.78. The average molecular weight is 245 g/mol. The van der Waals surface area contributed by atoms with E-state index in [1.54, 1.807) is 0 Å². The highest BCUT2D eigenvalue weighted by Crippen LogP contribution is 2.42. The van der Waals surface area contributed by atoms with Crippen molar-refractivity contribution in [2.75, 3.05) is 6.54 Å². The zero-order valence-electron chi connectivity index (χ0n) is 10.9. The Kier molecular flexibility index (Phi) is 2.86. The van der Waals surface area contributed by atoms with Gasteiger partial charge in [0.1, 0.15) is 12.1 Å². The average Bonchev–Trinajstić information content (AvgIpc) is 2.66. The Morgan fingerprint density at radius 1 is 1.22 bits per heavy atom. The van der Waals surface area contributed by atoms with Crippen LogP contribution in [0.2, 0.25) is 0 Å². The van der Waals surface area contributed by atoms with E-state index in [-0.39, 0.29) is 18.1 Å². The second-order valence-electron chi connectivity index (χ2n) is 5.53. The molecule has 2 aliphatic heterocycles. The van der Waals surface area contributed by atoms with Crippen molar-refractivity contribution in [1.29, 1.82) is 0 Å². The molecule has 0 spiro atoms. The van der Waals surface area contributed by atoms with Gasteiger partial charge in [-0.05, 0) is 18.4 Å². The topological polar surface area (TPSA) is 29.5 Å². The molecule has 2 fully saturated rings. The highest BCUT2D eigenvalue weighted by Gasteiger charge is 2.47. The summed E-state index contributed by atoms with van der Waals surface area (Å²) >= 11 is 0. The molecule has 2 aliphatic rings. The van der Waals surface area contributed by atoms with Crippen LogP contribution in [0.5, 0.6) is 0 Å². The van der Waals surface area contributed by atoms with Gasteiger partial charge in [0.25, 0.3) is 0 Å². The van der Waals surface area contributed by atoms with Crippen molar-refractivity contribution in [3.63, 3.8) is 0 Å². The molecule has 1 aromatic carbocycles. The smallest absolute Gasteiger partial charge is 0.323 e. The van der Waals surface area contributed by atoms with Crippen LogP contribution < -0.4 is 0 Å². The van der Waals surface area contributed by atoms with Gasteiger partial charge in [-0.1, -0.05) is 37.3 Å². The number of nitrogens with zero attached hydrogens (tertiary/aromatic N) is 1. The largest absolute Gasteiger partial charge is 0.461 e. The zero-order valence-corrected chi connectivity index (χ0v) is 10.9. The third-order valence-corrected chi connectivity index (χ3v) is 4.08. The SMILES string of the molecule is C[C@@H]1C[C@H](N2C[C@H](C)[C@@H]2c2ccccc2)C(=O)O1. The fourth-order valence-electron chi connectivity index (χ4n) is 3.23. The summed E-state index contributed by atoms with van der Waals surface area (Å²) in [6.45, 7) is 5.21. The first-order valence-electron chi connectivity index (χ1n) is 6.68. The highest BCUT2D eigenvalue weighted by atomic mass is 16.6. The molecule has 0 amide bonds. The summed E-state index contributed by atoms with van der Waals surface area (Å²) in [7, 11) is 0. The van der Waals surface area contributed by atoms with E-state index in [0.717, 1.165) is 13.0 Å². The Morgan fingerprint density at radius 2 is 1.94 bits per heavy atom. The molecule has 0 aromatic heterocycles. The molecule has 0 bridgehead atoms. The molecule has 0 saturated carbocycles. The summed E-state index contributed by atoms with van der Waals surface area (Å²) in [4.78, 5) is 14.1. The Hall–Kier alpha value is -1.35. The van der Waals surface area contributed by atoms with Crippen molar-refractivity contribution in [2.45, 2.75) is 38.5 Å². The van der Waals surface area contributed by atoms with Gasteiger partial charge in [0, 0.05) is 19.0 Å². The molecular formula is C15H19NO2. The van der Waals surface area contributed by atoms with Crippen molar-refractivity contribution in [3.05, 3.63) is 35.9 Å². The minimum atomic E-state index is -0.0460. The first-order valence-corrected chi connectivity index (χ1v) is 6.68. The molecule has 3 rings (SSSR count). The standard InChI is InChI=1S/C15H19NO2/c1-10-9-16(13-8-11(2)18-15(13)17)14(10)12-6-4-3-5-7-12/h3-7,10-11,13-14H,8-9H2,1-2H3/t10-,11+,13-,14+/m0/s1. The molecule has 0 aliphatic carbocycles. The Labute approximate surface area is 108 Å². The molecule has 4 atom stereocenters. The molecule has 2 heterocycles. The Bertz CT molecular complexity index is 445. The fourth-order valence-corrected chi connectivity index (χ4v) is 3.23.